The third-order valence-corrected chi connectivity index (χ3v) is 7.01. The molecule has 206 valence electrons. The summed E-state index contributed by atoms with van der Waals surface area (Å²) in [7, 11) is 1.04. The van der Waals surface area contributed by atoms with Crippen LogP contribution in [0.25, 0.3) is 0 Å². The normalized spacial score (nSPS) is 25.2. The van der Waals surface area contributed by atoms with E-state index in [1.807, 2.05) is 0 Å². The molecule has 4 atom stereocenters. The predicted octanol–water partition coefficient (Wildman–Crippen LogP) is 4.52. The Balaban J connectivity index is 1.61. The molecule has 1 aromatic heterocycles. The summed E-state index contributed by atoms with van der Waals surface area (Å²) < 4.78 is 80.9. The van der Waals surface area contributed by atoms with Gasteiger partial charge < -0.3 is 14.8 Å². The first kappa shape index (κ1) is 27.7. The van der Waals surface area contributed by atoms with Gasteiger partial charge in [-0.25, -0.2) is 9.87 Å². The number of aromatic nitrogens is 1. The molecule has 2 aromatic rings. The summed E-state index contributed by atoms with van der Waals surface area (Å²) >= 11 is 0. The molecule has 1 aliphatic carbocycles. The monoisotopic (exact) mass is 543 g/mol. The highest BCUT2D eigenvalue weighted by molar-refractivity contribution is 5.97. The molecule has 0 unspecified atom stereocenters. The molecule has 0 radical (unpaired) electrons. The van der Waals surface area contributed by atoms with Gasteiger partial charge in [-0.2, -0.15) is 17.6 Å². The number of carbonyl (C=O) groups is 2. The van der Waals surface area contributed by atoms with Gasteiger partial charge in [0.05, 0.1) is 13.7 Å². The van der Waals surface area contributed by atoms with Gasteiger partial charge in [0.1, 0.15) is 11.8 Å². The molecule has 38 heavy (non-hydrogen) atoms. The zero-order chi connectivity index (χ0) is 27.8. The van der Waals surface area contributed by atoms with Gasteiger partial charge in [-0.15, -0.1) is 0 Å². The number of anilines is 1. The van der Waals surface area contributed by atoms with Gasteiger partial charge in [0, 0.05) is 29.3 Å². The van der Waals surface area contributed by atoms with E-state index in [9.17, 15) is 31.5 Å². The summed E-state index contributed by atoms with van der Waals surface area (Å²) in [5.74, 6) is -7.33. The van der Waals surface area contributed by atoms with Crippen LogP contribution in [-0.2, 0) is 14.4 Å². The molecule has 0 spiro atoms. The Morgan fingerprint density at radius 3 is 2.55 bits per heavy atom. The number of hydroxylamine groups is 1. The lowest BCUT2D eigenvalue weighted by Gasteiger charge is -2.32. The maximum Gasteiger partial charge on any atom is 0.417 e. The topological polar surface area (TPSA) is 98.8 Å². The van der Waals surface area contributed by atoms with Crippen LogP contribution in [0.3, 0.4) is 0 Å². The van der Waals surface area contributed by atoms with Gasteiger partial charge in [0.2, 0.25) is 5.82 Å². The number of nitrogens with zero attached hydrogens (tertiary/aromatic N) is 1. The first-order chi connectivity index (χ1) is 17.9. The second kappa shape index (κ2) is 10.4. The van der Waals surface area contributed by atoms with Crippen molar-refractivity contribution in [2.45, 2.75) is 50.5 Å². The lowest BCUT2D eigenvalue weighted by Crippen LogP contribution is -2.47. The standard InChI is InChI=1S/C25H26F5N3O5/c1-12-18(15-6-7-16(26)19(27)20(15)36-3)21(38-24(12,2)25(28,29)30)23(35)32-14-8-9-31-17(10-14)22(34)33-37-11-13-4-5-13/h6-10,12-13,18,21H,4-5,11H2,1-3H3,(H,33,34)(H,31,32,35)/t12-,18-,21+,24+/m0/s1. The van der Waals surface area contributed by atoms with Crippen LogP contribution in [0.1, 0.15) is 48.7 Å². The SMILES string of the molecule is COc1c([C@H]2[C@H](C(=O)Nc3ccnc(C(=O)NOCC4CC4)c3)O[C@@](C)(C(F)(F)F)[C@H]2C)ccc(F)c1F. The predicted molar refractivity (Wildman–Crippen MR) is 123 cm³/mol. The minimum atomic E-state index is -4.89. The van der Waals surface area contributed by atoms with Crippen LogP contribution in [-0.4, -0.2) is 48.4 Å². The molecule has 8 nitrogen and oxygen atoms in total. The van der Waals surface area contributed by atoms with E-state index in [4.69, 9.17) is 14.3 Å². The number of amides is 2. The Kier molecular flexibility index (Phi) is 7.62. The fraction of sp³-hybridized carbons (Fsp3) is 0.480. The fourth-order valence-electron chi connectivity index (χ4n) is 4.45. The van der Waals surface area contributed by atoms with Crippen LogP contribution in [0.4, 0.5) is 27.6 Å². The zero-order valence-electron chi connectivity index (χ0n) is 20.7. The average molecular weight is 543 g/mol. The molecule has 1 aromatic carbocycles. The number of alkyl halides is 3. The molecule has 2 amide bonds. The molecule has 4 rings (SSSR count). The number of pyridine rings is 1. The first-order valence-corrected chi connectivity index (χ1v) is 11.8. The molecule has 1 aliphatic heterocycles. The third-order valence-electron chi connectivity index (χ3n) is 7.01. The molecular formula is C25H26F5N3O5. The van der Waals surface area contributed by atoms with E-state index < -0.39 is 58.9 Å². The maximum absolute atomic E-state index is 14.5. The number of benzene rings is 1. The quantitative estimate of drug-likeness (QED) is 0.376. The van der Waals surface area contributed by atoms with Gasteiger partial charge in [-0.1, -0.05) is 13.0 Å². The summed E-state index contributed by atoms with van der Waals surface area (Å²) in [6, 6.07) is 4.36. The zero-order valence-corrected chi connectivity index (χ0v) is 20.7. The van der Waals surface area contributed by atoms with Crippen LogP contribution in [0.2, 0.25) is 0 Å². The molecule has 2 aliphatic rings. The second-order valence-electron chi connectivity index (χ2n) is 9.55. The lowest BCUT2D eigenvalue weighted by atomic mass is 9.77. The van der Waals surface area contributed by atoms with Crippen molar-refractivity contribution in [2.24, 2.45) is 11.8 Å². The van der Waals surface area contributed by atoms with Crippen molar-refractivity contribution in [1.29, 1.82) is 0 Å². The van der Waals surface area contributed by atoms with E-state index in [1.165, 1.54) is 25.3 Å². The molecule has 1 saturated carbocycles. The van der Waals surface area contributed by atoms with Crippen LogP contribution >= 0.6 is 0 Å². The number of hydrogen-bond donors (Lipinski definition) is 2. The number of ether oxygens (including phenoxy) is 2. The van der Waals surface area contributed by atoms with Gasteiger partial charge in [-0.05, 0) is 43.9 Å². The van der Waals surface area contributed by atoms with Crippen molar-refractivity contribution in [1.82, 2.24) is 10.5 Å². The summed E-state index contributed by atoms with van der Waals surface area (Å²) in [5, 5.41) is 2.44. The largest absolute Gasteiger partial charge is 0.493 e. The van der Waals surface area contributed by atoms with Gasteiger partial charge in [0.25, 0.3) is 11.8 Å². The van der Waals surface area contributed by atoms with Crippen LogP contribution < -0.4 is 15.5 Å². The molecule has 13 heteroatoms. The van der Waals surface area contributed by atoms with Crippen LogP contribution in [0.5, 0.6) is 5.75 Å². The Morgan fingerprint density at radius 2 is 1.92 bits per heavy atom. The smallest absolute Gasteiger partial charge is 0.417 e. The summed E-state index contributed by atoms with van der Waals surface area (Å²) in [5.41, 5.74) is -0.772. The van der Waals surface area contributed by atoms with E-state index >= 15 is 0 Å². The number of carbonyl (C=O) groups excluding carboxylic acids is 2. The summed E-state index contributed by atoms with van der Waals surface area (Å²) in [6.07, 6.45) is -3.42. The number of methoxy groups -OCH3 is 1. The highest BCUT2D eigenvalue weighted by Crippen LogP contribution is 2.55. The summed E-state index contributed by atoms with van der Waals surface area (Å²) in [4.78, 5) is 34.6. The Bertz CT molecular complexity index is 1220. The Hall–Kier alpha value is -3.32. The van der Waals surface area contributed by atoms with Crippen molar-refractivity contribution >= 4 is 17.5 Å². The molecule has 2 fully saturated rings. The minimum Gasteiger partial charge on any atom is -0.493 e. The van der Waals surface area contributed by atoms with Crippen LogP contribution in [0, 0.1) is 23.5 Å². The third kappa shape index (κ3) is 5.30. The lowest BCUT2D eigenvalue weighted by molar-refractivity contribution is -0.272. The molecule has 2 N–H and O–H groups in total. The van der Waals surface area contributed by atoms with Crippen molar-refractivity contribution in [3.63, 3.8) is 0 Å². The second-order valence-corrected chi connectivity index (χ2v) is 9.55. The fourth-order valence-corrected chi connectivity index (χ4v) is 4.45. The Morgan fingerprint density at radius 1 is 1.21 bits per heavy atom. The van der Waals surface area contributed by atoms with Gasteiger partial charge in [-0.3, -0.25) is 19.4 Å². The van der Waals surface area contributed by atoms with Gasteiger partial charge >= 0.3 is 6.18 Å². The van der Waals surface area contributed by atoms with Crippen LogP contribution in [0.15, 0.2) is 30.5 Å². The summed E-state index contributed by atoms with van der Waals surface area (Å²) in [6.45, 7) is 2.36. The molecule has 0 bridgehead atoms. The van der Waals surface area contributed by atoms with Crippen molar-refractivity contribution in [2.75, 3.05) is 19.0 Å². The minimum absolute atomic E-state index is 0.0465. The number of hydrogen-bond acceptors (Lipinski definition) is 6. The molecule has 2 heterocycles. The number of nitrogens with one attached hydrogen (secondary N) is 2. The maximum atomic E-state index is 14.5. The molecule has 1 saturated heterocycles. The van der Waals surface area contributed by atoms with E-state index in [-0.39, 0.29) is 16.9 Å². The molecular weight excluding hydrogens is 517 g/mol. The highest BCUT2D eigenvalue weighted by atomic mass is 19.4. The van der Waals surface area contributed by atoms with Crippen molar-refractivity contribution in [3.8, 4) is 5.75 Å². The van der Waals surface area contributed by atoms with E-state index in [0.717, 1.165) is 39.0 Å². The average Bonchev–Trinajstić information content (AvgIpc) is 3.64. The highest BCUT2D eigenvalue weighted by Gasteiger charge is 2.65. The number of halogens is 5. The van der Waals surface area contributed by atoms with E-state index in [0.29, 0.717) is 12.5 Å². The van der Waals surface area contributed by atoms with Crippen molar-refractivity contribution < 1.29 is 45.9 Å². The number of rotatable bonds is 8. The van der Waals surface area contributed by atoms with E-state index in [2.05, 4.69) is 15.8 Å². The Labute approximate surface area is 214 Å². The van der Waals surface area contributed by atoms with Gasteiger partial charge in [0.15, 0.2) is 17.2 Å². The van der Waals surface area contributed by atoms with Crippen molar-refractivity contribution in [3.05, 3.63) is 53.4 Å². The van der Waals surface area contributed by atoms with E-state index in [1.54, 1.807) is 0 Å². The first-order valence-electron chi connectivity index (χ1n) is 11.8.